The van der Waals surface area contributed by atoms with E-state index < -0.39 is 11.6 Å². The van der Waals surface area contributed by atoms with Gasteiger partial charge in [-0.3, -0.25) is 9.69 Å². The fraction of sp³-hybridized carbons (Fsp3) is 0.412. The fourth-order valence-electron chi connectivity index (χ4n) is 3.54. The van der Waals surface area contributed by atoms with Gasteiger partial charge < -0.3 is 0 Å². The summed E-state index contributed by atoms with van der Waals surface area (Å²) >= 11 is 12.0. The van der Waals surface area contributed by atoms with Crippen LogP contribution in [0.5, 0.6) is 0 Å². The van der Waals surface area contributed by atoms with E-state index in [9.17, 15) is 9.59 Å². The zero-order valence-electron chi connectivity index (χ0n) is 12.5. The molecular formula is C17H16Cl2N2O2. The molecule has 2 aliphatic rings. The van der Waals surface area contributed by atoms with Crippen molar-refractivity contribution in [3.63, 3.8) is 0 Å². The first-order valence-electron chi connectivity index (χ1n) is 7.55. The lowest BCUT2D eigenvalue weighted by Crippen LogP contribution is -2.51. The molecule has 120 valence electrons. The minimum atomic E-state index is -0.823. The molecule has 0 bridgehead atoms. The highest BCUT2D eigenvalue weighted by atomic mass is 35.5. The van der Waals surface area contributed by atoms with E-state index in [0.717, 1.165) is 19.3 Å². The molecule has 0 radical (unpaired) electrons. The smallest absolute Gasteiger partial charge is 0.298 e. The van der Waals surface area contributed by atoms with Crippen LogP contribution in [0, 0.1) is 12.3 Å². The third-order valence-electron chi connectivity index (χ3n) is 4.58. The maximum atomic E-state index is 13.1. The normalized spacial score (nSPS) is 20.2. The van der Waals surface area contributed by atoms with Crippen molar-refractivity contribution in [2.24, 2.45) is 0 Å². The summed E-state index contributed by atoms with van der Waals surface area (Å²) in [5.41, 5.74) is -0.432. The summed E-state index contributed by atoms with van der Waals surface area (Å²) in [5.74, 6) is 2.27. The maximum Gasteiger partial charge on any atom is 0.333 e. The van der Waals surface area contributed by atoms with E-state index in [2.05, 4.69) is 5.92 Å². The van der Waals surface area contributed by atoms with Gasteiger partial charge in [0.2, 0.25) is 0 Å². The van der Waals surface area contributed by atoms with Crippen LogP contribution < -0.4 is 4.90 Å². The molecule has 2 fully saturated rings. The number of anilines is 1. The number of carbonyl (C=O) groups excluding carboxylic acids is 2. The number of nitrogens with zero attached hydrogens (tertiary/aromatic N) is 2. The molecule has 1 aromatic rings. The van der Waals surface area contributed by atoms with Gasteiger partial charge in [0.25, 0.3) is 5.91 Å². The molecule has 1 aromatic carbocycles. The Morgan fingerprint density at radius 2 is 1.70 bits per heavy atom. The summed E-state index contributed by atoms with van der Waals surface area (Å²) in [7, 11) is 0. The predicted molar refractivity (Wildman–Crippen MR) is 90.7 cm³/mol. The van der Waals surface area contributed by atoms with E-state index in [0.29, 0.717) is 28.6 Å². The lowest BCUT2D eigenvalue weighted by atomic mass is 9.80. The van der Waals surface area contributed by atoms with E-state index in [-0.39, 0.29) is 12.5 Å². The molecule has 0 atom stereocenters. The van der Waals surface area contributed by atoms with Crippen molar-refractivity contribution in [2.45, 2.75) is 37.6 Å². The Morgan fingerprint density at radius 1 is 1.09 bits per heavy atom. The van der Waals surface area contributed by atoms with Gasteiger partial charge >= 0.3 is 6.03 Å². The largest absolute Gasteiger partial charge is 0.333 e. The molecule has 1 aliphatic carbocycles. The van der Waals surface area contributed by atoms with Crippen LogP contribution in [0.3, 0.4) is 0 Å². The van der Waals surface area contributed by atoms with Crippen molar-refractivity contribution in [3.8, 4) is 12.3 Å². The minimum Gasteiger partial charge on any atom is -0.298 e. The average molecular weight is 351 g/mol. The van der Waals surface area contributed by atoms with Gasteiger partial charge in [0.1, 0.15) is 5.54 Å². The molecule has 6 heteroatoms. The van der Waals surface area contributed by atoms with Crippen LogP contribution in [0.4, 0.5) is 10.5 Å². The minimum absolute atomic E-state index is 0.120. The Morgan fingerprint density at radius 3 is 2.26 bits per heavy atom. The topological polar surface area (TPSA) is 40.6 Å². The molecule has 0 N–H and O–H groups in total. The summed E-state index contributed by atoms with van der Waals surface area (Å²) in [5, 5.41) is 0.752. The first-order valence-corrected chi connectivity index (χ1v) is 8.31. The number of halogens is 2. The molecule has 1 aliphatic heterocycles. The van der Waals surface area contributed by atoms with Crippen molar-refractivity contribution in [3.05, 3.63) is 28.2 Å². The van der Waals surface area contributed by atoms with Crippen LogP contribution in [0.15, 0.2) is 18.2 Å². The molecule has 1 spiro atoms. The van der Waals surface area contributed by atoms with Gasteiger partial charge in [-0.1, -0.05) is 48.4 Å². The van der Waals surface area contributed by atoms with Gasteiger partial charge in [-0.2, -0.15) is 0 Å². The lowest BCUT2D eigenvalue weighted by Gasteiger charge is -2.37. The number of rotatable bonds is 2. The van der Waals surface area contributed by atoms with Crippen molar-refractivity contribution in [2.75, 3.05) is 11.4 Å². The van der Waals surface area contributed by atoms with Crippen LogP contribution in [-0.2, 0) is 4.79 Å². The second kappa shape index (κ2) is 6.07. The number of terminal acetylenes is 1. The molecule has 23 heavy (non-hydrogen) atoms. The molecule has 0 unspecified atom stereocenters. The van der Waals surface area contributed by atoms with E-state index >= 15 is 0 Å². The Bertz CT molecular complexity index is 685. The molecule has 4 nitrogen and oxygen atoms in total. The van der Waals surface area contributed by atoms with E-state index in [4.69, 9.17) is 29.6 Å². The molecule has 1 saturated heterocycles. The standard InChI is InChI=1S/C17H16Cl2N2O2/c1-2-8-20-16(23)21(14-10-12(18)9-13(19)11-14)15(22)17(20)6-4-3-5-7-17/h1,9-11H,3-8H2. The van der Waals surface area contributed by atoms with Crippen molar-refractivity contribution in [1.82, 2.24) is 4.90 Å². The van der Waals surface area contributed by atoms with Crippen LogP contribution >= 0.6 is 23.2 Å². The van der Waals surface area contributed by atoms with Gasteiger partial charge in [0.15, 0.2) is 0 Å². The van der Waals surface area contributed by atoms with Crippen LogP contribution in [0.2, 0.25) is 10.0 Å². The number of hydrogen-bond acceptors (Lipinski definition) is 2. The summed E-state index contributed by atoms with van der Waals surface area (Å²) in [6.07, 6.45) is 9.59. The van der Waals surface area contributed by atoms with E-state index in [1.54, 1.807) is 18.2 Å². The Balaban J connectivity index is 2.07. The summed E-state index contributed by atoms with van der Waals surface area (Å²) in [6.45, 7) is 0.120. The predicted octanol–water partition coefficient (Wildman–Crippen LogP) is 4.10. The van der Waals surface area contributed by atoms with Gasteiger partial charge in [-0.25, -0.2) is 9.69 Å². The zero-order chi connectivity index (χ0) is 16.6. The highest BCUT2D eigenvalue weighted by Gasteiger charge is 2.57. The fourth-order valence-corrected chi connectivity index (χ4v) is 4.06. The lowest BCUT2D eigenvalue weighted by molar-refractivity contribution is -0.126. The number of urea groups is 1. The number of carbonyl (C=O) groups is 2. The Labute approximate surface area is 145 Å². The highest BCUT2D eigenvalue weighted by Crippen LogP contribution is 2.42. The molecule has 0 aromatic heterocycles. The third kappa shape index (κ3) is 2.58. The van der Waals surface area contributed by atoms with Gasteiger partial charge in [-0.05, 0) is 31.0 Å². The Hall–Kier alpha value is -1.70. The number of hydrogen-bond donors (Lipinski definition) is 0. The van der Waals surface area contributed by atoms with Crippen LogP contribution in [0.1, 0.15) is 32.1 Å². The molecule has 3 rings (SSSR count). The first kappa shape index (κ1) is 16.2. The monoisotopic (exact) mass is 350 g/mol. The van der Waals surface area contributed by atoms with Crippen molar-refractivity contribution in [1.29, 1.82) is 0 Å². The second-order valence-electron chi connectivity index (χ2n) is 5.93. The molecule has 1 saturated carbocycles. The van der Waals surface area contributed by atoms with Crippen LogP contribution in [-0.4, -0.2) is 28.9 Å². The summed E-state index contributed by atoms with van der Waals surface area (Å²) < 4.78 is 0. The summed E-state index contributed by atoms with van der Waals surface area (Å²) in [4.78, 5) is 28.7. The molecule has 3 amide bonds. The second-order valence-corrected chi connectivity index (χ2v) is 6.81. The number of imide groups is 1. The average Bonchev–Trinajstić information content (AvgIpc) is 2.69. The third-order valence-corrected chi connectivity index (χ3v) is 5.01. The van der Waals surface area contributed by atoms with E-state index in [1.165, 1.54) is 9.80 Å². The maximum absolute atomic E-state index is 13.1. The van der Waals surface area contributed by atoms with Crippen LogP contribution in [0.25, 0.3) is 0 Å². The molecule has 1 heterocycles. The zero-order valence-corrected chi connectivity index (χ0v) is 14.0. The van der Waals surface area contributed by atoms with Gasteiger partial charge in [0, 0.05) is 10.0 Å². The SMILES string of the molecule is C#CCN1C(=O)N(c2cc(Cl)cc(Cl)c2)C(=O)C12CCCCC2. The quantitative estimate of drug-likeness (QED) is 0.595. The van der Waals surface area contributed by atoms with Gasteiger partial charge in [-0.15, -0.1) is 6.42 Å². The number of amides is 3. The van der Waals surface area contributed by atoms with Crippen molar-refractivity contribution < 1.29 is 9.59 Å². The van der Waals surface area contributed by atoms with E-state index in [1.807, 2.05) is 0 Å². The highest BCUT2D eigenvalue weighted by molar-refractivity contribution is 6.35. The Kier molecular flexibility index (Phi) is 4.27. The first-order chi connectivity index (χ1) is 11.0. The molecular weight excluding hydrogens is 335 g/mol. The van der Waals surface area contributed by atoms with Crippen molar-refractivity contribution >= 4 is 40.8 Å². The van der Waals surface area contributed by atoms with Gasteiger partial charge in [0.05, 0.1) is 12.2 Å². The number of benzene rings is 1. The summed E-state index contributed by atoms with van der Waals surface area (Å²) in [6, 6.07) is 4.30.